The van der Waals surface area contributed by atoms with Crippen molar-refractivity contribution in [2.75, 3.05) is 20.6 Å². The van der Waals surface area contributed by atoms with Gasteiger partial charge in [-0.25, -0.2) is 0 Å². The Morgan fingerprint density at radius 3 is 2.36 bits per heavy atom. The van der Waals surface area contributed by atoms with Gasteiger partial charge in [0.2, 0.25) is 11.8 Å². The molecule has 0 unspecified atom stereocenters. The molecule has 148 valence electrons. The molecule has 0 aromatic heterocycles. The molecular formula is C23H29N3O2. The maximum atomic E-state index is 12.7. The smallest absolute Gasteiger partial charge is 0.248 e. The summed E-state index contributed by atoms with van der Waals surface area (Å²) >= 11 is 0. The second kappa shape index (κ2) is 8.15. The van der Waals surface area contributed by atoms with Crippen LogP contribution in [0.1, 0.15) is 34.8 Å². The van der Waals surface area contributed by atoms with E-state index in [9.17, 15) is 9.59 Å². The topological polar surface area (TPSA) is 75.4 Å². The molecule has 0 aliphatic heterocycles. The lowest BCUT2D eigenvalue weighted by Gasteiger charge is -2.25. The molecule has 0 bridgehead atoms. The zero-order valence-electron chi connectivity index (χ0n) is 16.8. The van der Waals surface area contributed by atoms with Crippen LogP contribution in [0.25, 0.3) is 0 Å². The number of nitrogens with one attached hydrogen (secondary N) is 1. The van der Waals surface area contributed by atoms with E-state index in [0.29, 0.717) is 12.1 Å². The Bertz CT molecular complexity index is 833. The average molecular weight is 380 g/mol. The molecule has 28 heavy (non-hydrogen) atoms. The third kappa shape index (κ3) is 4.42. The molecule has 0 radical (unpaired) electrons. The largest absolute Gasteiger partial charge is 0.366 e. The Hall–Kier alpha value is -2.66. The number of rotatable bonds is 8. The number of likely N-dealkylation sites (N-methyl/N-ethyl adjacent to an activating group) is 1. The molecule has 5 nitrogen and oxygen atoms in total. The van der Waals surface area contributed by atoms with E-state index in [2.05, 4.69) is 29.3 Å². The van der Waals surface area contributed by atoms with Gasteiger partial charge < -0.3 is 16.0 Å². The lowest BCUT2D eigenvalue weighted by Crippen LogP contribution is -2.42. The van der Waals surface area contributed by atoms with Crippen molar-refractivity contribution in [3.05, 3.63) is 71.3 Å². The van der Waals surface area contributed by atoms with E-state index in [4.69, 9.17) is 5.73 Å². The number of hydrogen-bond acceptors (Lipinski definition) is 3. The van der Waals surface area contributed by atoms with Crippen molar-refractivity contribution in [3.8, 4) is 0 Å². The fraction of sp³-hybridized carbons (Fsp3) is 0.391. The van der Waals surface area contributed by atoms with Crippen molar-refractivity contribution in [2.24, 2.45) is 11.7 Å². The summed E-state index contributed by atoms with van der Waals surface area (Å²) in [5.41, 5.74) is 8.09. The maximum absolute atomic E-state index is 12.7. The normalized spacial score (nSPS) is 21.9. The minimum atomic E-state index is -0.422. The van der Waals surface area contributed by atoms with Crippen molar-refractivity contribution >= 4 is 11.8 Å². The SMILES string of the molecule is CN(C)[C@H](CNC(=O)[C@H]1C[C@@]1(C)c1ccccc1)Cc1ccc(C(N)=O)cc1. The predicted molar refractivity (Wildman–Crippen MR) is 111 cm³/mol. The molecule has 1 saturated carbocycles. The molecule has 1 aliphatic carbocycles. The first-order valence-electron chi connectivity index (χ1n) is 9.69. The summed E-state index contributed by atoms with van der Waals surface area (Å²) in [4.78, 5) is 26.0. The Morgan fingerprint density at radius 2 is 1.79 bits per heavy atom. The molecule has 3 N–H and O–H groups in total. The third-order valence-corrected chi connectivity index (χ3v) is 5.94. The van der Waals surface area contributed by atoms with Gasteiger partial charge >= 0.3 is 0 Å². The molecule has 2 aromatic carbocycles. The van der Waals surface area contributed by atoms with Crippen molar-refractivity contribution in [3.63, 3.8) is 0 Å². The molecule has 1 fully saturated rings. The first-order chi connectivity index (χ1) is 13.3. The Labute approximate surface area is 166 Å². The molecular weight excluding hydrogens is 350 g/mol. The number of benzene rings is 2. The number of carbonyl (C=O) groups is 2. The molecule has 3 rings (SSSR count). The van der Waals surface area contributed by atoms with Crippen LogP contribution in [0, 0.1) is 5.92 Å². The zero-order chi connectivity index (χ0) is 20.3. The number of primary amides is 1. The van der Waals surface area contributed by atoms with Gasteiger partial charge in [-0.2, -0.15) is 0 Å². The fourth-order valence-electron chi connectivity index (χ4n) is 3.74. The number of amides is 2. The van der Waals surface area contributed by atoms with Crippen LogP contribution in [-0.2, 0) is 16.6 Å². The molecule has 2 amide bonds. The molecule has 3 atom stereocenters. The van der Waals surface area contributed by atoms with E-state index in [1.54, 1.807) is 12.1 Å². The van der Waals surface area contributed by atoms with Crippen LogP contribution in [0.3, 0.4) is 0 Å². The van der Waals surface area contributed by atoms with Crippen molar-refractivity contribution in [1.82, 2.24) is 10.2 Å². The van der Waals surface area contributed by atoms with Gasteiger partial charge in [-0.3, -0.25) is 9.59 Å². The number of nitrogens with two attached hydrogens (primary N) is 1. The summed E-state index contributed by atoms with van der Waals surface area (Å²) in [5, 5.41) is 3.15. The summed E-state index contributed by atoms with van der Waals surface area (Å²) in [6, 6.07) is 17.8. The minimum absolute atomic E-state index is 0.0348. The highest BCUT2D eigenvalue weighted by atomic mass is 16.2. The zero-order valence-corrected chi connectivity index (χ0v) is 16.8. The Morgan fingerprint density at radius 1 is 1.14 bits per heavy atom. The van der Waals surface area contributed by atoms with E-state index >= 15 is 0 Å². The third-order valence-electron chi connectivity index (χ3n) is 5.94. The Kier molecular flexibility index (Phi) is 5.84. The number of carbonyl (C=O) groups excluding carboxylic acids is 2. The molecule has 0 saturated heterocycles. The van der Waals surface area contributed by atoms with E-state index in [0.717, 1.165) is 18.4 Å². The first-order valence-corrected chi connectivity index (χ1v) is 9.69. The van der Waals surface area contributed by atoms with Crippen LogP contribution in [0.15, 0.2) is 54.6 Å². The monoisotopic (exact) mass is 379 g/mol. The Balaban J connectivity index is 1.57. The lowest BCUT2D eigenvalue weighted by atomic mass is 9.95. The molecule has 0 spiro atoms. The van der Waals surface area contributed by atoms with Crippen LogP contribution >= 0.6 is 0 Å². The molecule has 1 aliphatic rings. The van der Waals surface area contributed by atoms with Crippen LogP contribution in [0.2, 0.25) is 0 Å². The van der Waals surface area contributed by atoms with Gasteiger partial charge in [0, 0.05) is 29.5 Å². The van der Waals surface area contributed by atoms with Crippen molar-refractivity contribution < 1.29 is 9.59 Å². The van der Waals surface area contributed by atoms with E-state index < -0.39 is 5.91 Å². The summed E-state index contributed by atoms with van der Waals surface area (Å²) in [6.07, 6.45) is 1.68. The minimum Gasteiger partial charge on any atom is -0.366 e. The molecule has 2 aromatic rings. The second-order valence-electron chi connectivity index (χ2n) is 8.17. The van der Waals surface area contributed by atoms with Crippen LogP contribution in [-0.4, -0.2) is 43.4 Å². The van der Waals surface area contributed by atoms with E-state index in [1.165, 1.54) is 5.56 Å². The van der Waals surface area contributed by atoms with Gasteiger partial charge in [-0.05, 0) is 50.2 Å². The summed E-state index contributed by atoms with van der Waals surface area (Å²) < 4.78 is 0. The molecule has 0 heterocycles. The number of nitrogens with zero attached hydrogens (tertiary/aromatic N) is 1. The van der Waals surface area contributed by atoms with Gasteiger partial charge in [0.05, 0.1) is 0 Å². The standard InChI is InChI=1S/C23H29N3O2/c1-23(18-7-5-4-6-8-18)14-20(23)22(28)25-15-19(26(2)3)13-16-9-11-17(12-10-16)21(24)27/h4-12,19-20H,13-15H2,1-3H3,(H2,24,27)(H,25,28)/t19-,20+,23-/m0/s1. The highest BCUT2D eigenvalue weighted by molar-refractivity contribution is 5.92. The highest BCUT2D eigenvalue weighted by Gasteiger charge is 2.55. The highest BCUT2D eigenvalue weighted by Crippen LogP contribution is 2.53. The lowest BCUT2D eigenvalue weighted by molar-refractivity contribution is -0.122. The van der Waals surface area contributed by atoms with Gasteiger partial charge in [0.25, 0.3) is 0 Å². The first kappa shape index (κ1) is 20.1. The van der Waals surface area contributed by atoms with Gasteiger partial charge in [-0.1, -0.05) is 49.4 Å². The number of hydrogen-bond donors (Lipinski definition) is 2. The van der Waals surface area contributed by atoms with Crippen molar-refractivity contribution in [2.45, 2.75) is 31.2 Å². The van der Waals surface area contributed by atoms with Crippen LogP contribution in [0.4, 0.5) is 0 Å². The van der Waals surface area contributed by atoms with Gasteiger partial charge in [0.1, 0.15) is 0 Å². The van der Waals surface area contributed by atoms with Crippen molar-refractivity contribution in [1.29, 1.82) is 0 Å². The maximum Gasteiger partial charge on any atom is 0.248 e. The summed E-state index contributed by atoms with van der Waals surface area (Å²) in [6.45, 7) is 2.75. The van der Waals surface area contributed by atoms with Gasteiger partial charge in [-0.15, -0.1) is 0 Å². The molecule has 5 heteroatoms. The fourth-order valence-corrected chi connectivity index (χ4v) is 3.74. The van der Waals surface area contributed by atoms with Crippen LogP contribution in [0.5, 0.6) is 0 Å². The summed E-state index contributed by atoms with van der Waals surface area (Å²) in [7, 11) is 4.03. The van der Waals surface area contributed by atoms with E-state index in [-0.39, 0.29) is 23.3 Å². The summed E-state index contributed by atoms with van der Waals surface area (Å²) in [5.74, 6) is -0.260. The quantitative estimate of drug-likeness (QED) is 0.739. The van der Waals surface area contributed by atoms with Crippen LogP contribution < -0.4 is 11.1 Å². The predicted octanol–water partition coefficient (Wildman–Crippen LogP) is 2.35. The second-order valence-corrected chi connectivity index (χ2v) is 8.17. The van der Waals surface area contributed by atoms with E-state index in [1.807, 2.05) is 44.4 Å². The van der Waals surface area contributed by atoms with Gasteiger partial charge in [0.15, 0.2) is 0 Å². The average Bonchev–Trinajstić information content (AvgIpc) is 3.39.